The summed E-state index contributed by atoms with van der Waals surface area (Å²) in [6.45, 7) is 2.69. The van der Waals surface area contributed by atoms with Crippen LogP contribution in [0, 0.1) is 0 Å². The molecule has 154 valence electrons. The molecular weight excluding hydrogens is 385 g/mol. The van der Waals surface area contributed by atoms with Gasteiger partial charge in [-0.15, -0.1) is 0 Å². The van der Waals surface area contributed by atoms with Crippen molar-refractivity contribution in [3.8, 4) is 0 Å². The molecule has 2 saturated heterocycles. The van der Waals surface area contributed by atoms with Crippen molar-refractivity contribution in [2.75, 3.05) is 6.54 Å². The fourth-order valence-electron chi connectivity index (χ4n) is 4.49. The van der Waals surface area contributed by atoms with Crippen LogP contribution >= 0.6 is 0 Å². The zero-order valence-electron chi connectivity index (χ0n) is 15.9. The number of carbonyl (C=O) groups is 2. The second-order valence-electron chi connectivity index (χ2n) is 7.81. The maximum Gasteiger partial charge on any atom is 0.416 e. The quantitative estimate of drug-likeness (QED) is 0.851. The van der Waals surface area contributed by atoms with Crippen LogP contribution in [0.2, 0.25) is 0 Å². The van der Waals surface area contributed by atoms with Gasteiger partial charge in [0.15, 0.2) is 0 Å². The van der Waals surface area contributed by atoms with Gasteiger partial charge in [0.1, 0.15) is 5.69 Å². The number of halogens is 3. The maximum atomic E-state index is 12.8. The standard InChI is InChI=1S/C20H21F3N4O2/c1-19-9-11-26(18(29)15-8-10-24-25-15)16(19)6-7-17(28)27(19)12-13-2-4-14(5-3-13)20(21,22)23/h2-5,8,10,16H,6-7,9,11-12H2,1H3,(H,24,25)/t16-,19-/m0/s1. The number of aromatic nitrogens is 2. The SMILES string of the molecule is C[C@]12CCN(C(=O)c3ccn[nH]3)[C@H]1CCC(=O)N2Cc1ccc(C(F)(F)F)cc1. The smallest absolute Gasteiger partial charge is 0.332 e. The number of carbonyl (C=O) groups excluding carboxylic acids is 2. The first-order chi connectivity index (χ1) is 13.7. The van der Waals surface area contributed by atoms with Crippen molar-refractivity contribution in [3.63, 3.8) is 0 Å². The Balaban J connectivity index is 1.56. The number of aromatic amines is 1. The molecule has 2 fully saturated rings. The predicted octanol–water partition coefficient (Wildman–Crippen LogP) is 3.22. The molecule has 3 heterocycles. The highest BCUT2D eigenvalue weighted by atomic mass is 19.4. The molecule has 2 aliphatic heterocycles. The van der Waals surface area contributed by atoms with Crippen molar-refractivity contribution in [1.82, 2.24) is 20.0 Å². The molecule has 9 heteroatoms. The molecule has 1 N–H and O–H groups in total. The molecule has 0 unspecified atom stereocenters. The Labute approximate surface area is 165 Å². The molecule has 1 aromatic heterocycles. The minimum atomic E-state index is -4.39. The first kappa shape index (κ1) is 19.5. The van der Waals surface area contributed by atoms with Gasteiger partial charge in [0.2, 0.25) is 5.91 Å². The second kappa shape index (κ2) is 6.89. The van der Waals surface area contributed by atoms with E-state index in [2.05, 4.69) is 10.2 Å². The Kier molecular flexibility index (Phi) is 4.63. The van der Waals surface area contributed by atoms with Crippen LogP contribution in [0.1, 0.15) is 47.8 Å². The third-order valence-corrected chi connectivity index (χ3v) is 6.12. The highest BCUT2D eigenvalue weighted by molar-refractivity contribution is 5.93. The number of hydrogen-bond donors (Lipinski definition) is 1. The second-order valence-corrected chi connectivity index (χ2v) is 7.81. The van der Waals surface area contributed by atoms with Gasteiger partial charge < -0.3 is 9.80 Å². The number of hydrogen-bond acceptors (Lipinski definition) is 3. The summed E-state index contributed by atoms with van der Waals surface area (Å²) in [5.41, 5.74) is -0.243. The maximum absolute atomic E-state index is 12.8. The first-order valence-corrected chi connectivity index (χ1v) is 9.47. The molecule has 2 atom stereocenters. The molecule has 2 aliphatic rings. The van der Waals surface area contributed by atoms with Gasteiger partial charge in [-0.1, -0.05) is 12.1 Å². The molecule has 29 heavy (non-hydrogen) atoms. The number of alkyl halides is 3. The third kappa shape index (κ3) is 3.38. The number of piperidine rings is 1. The van der Waals surface area contributed by atoms with Gasteiger partial charge in [-0.2, -0.15) is 18.3 Å². The average Bonchev–Trinajstić information content (AvgIpc) is 3.32. The number of H-pyrrole nitrogens is 1. The van der Waals surface area contributed by atoms with Gasteiger partial charge in [-0.3, -0.25) is 14.7 Å². The van der Waals surface area contributed by atoms with Crippen molar-refractivity contribution in [2.45, 2.75) is 50.5 Å². The van der Waals surface area contributed by atoms with Gasteiger partial charge in [0.25, 0.3) is 5.91 Å². The van der Waals surface area contributed by atoms with E-state index in [4.69, 9.17) is 0 Å². The van der Waals surface area contributed by atoms with Crippen LogP contribution < -0.4 is 0 Å². The van der Waals surface area contributed by atoms with Gasteiger partial charge in [-0.25, -0.2) is 0 Å². The Hall–Kier alpha value is -2.84. The molecule has 0 radical (unpaired) electrons. The first-order valence-electron chi connectivity index (χ1n) is 9.47. The van der Waals surface area contributed by atoms with Gasteiger partial charge in [0, 0.05) is 25.7 Å². The number of nitrogens with zero attached hydrogens (tertiary/aromatic N) is 3. The van der Waals surface area contributed by atoms with E-state index < -0.39 is 17.3 Å². The highest BCUT2D eigenvalue weighted by Gasteiger charge is 2.53. The van der Waals surface area contributed by atoms with E-state index in [1.54, 1.807) is 15.9 Å². The molecule has 2 aromatic rings. The summed E-state index contributed by atoms with van der Waals surface area (Å²) in [5.74, 6) is -0.195. The van der Waals surface area contributed by atoms with Crippen LogP contribution in [0.4, 0.5) is 13.2 Å². The van der Waals surface area contributed by atoms with E-state index >= 15 is 0 Å². The lowest BCUT2D eigenvalue weighted by molar-refractivity contribution is -0.144. The fraction of sp³-hybridized carbons (Fsp3) is 0.450. The van der Waals surface area contributed by atoms with Crippen molar-refractivity contribution < 1.29 is 22.8 Å². The molecule has 1 aromatic carbocycles. The summed E-state index contributed by atoms with van der Waals surface area (Å²) in [6, 6.07) is 6.35. The van der Waals surface area contributed by atoms with E-state index in [9.17, 15) is 22.8 Å². The van der Waals surface area contributed by atoms with Crippen LogP contribution in [-0.2, 0) is 17.5 Å². The van der Waals surface area contributed by atoms with E-state index in [1.165, 1.54) is 18.3 Å². The largest absolute Gasteiger partial charge is 0.416 e. The lowest BCUT2D eigenvalue weighted by Crippen LogP contribution is -2.60. The number of amides is 2. The third-order valence-electron chi connectivity index (χ3n) is 6.12. The monoisotopic (exact) mass is 406 g/mol. The summed E-state index contributed by atoms with van der Waals surface area (Å²) in [5, 5.41) is 6.51. The van der Waals surface area contributed by atoms with E-state index in [1.807, 2.05) is 6.92 Å². The number of benzene rings is 1. The van der Waals surface area contributed by atoms with Crippen LogP contribution in [0.5, 0.6) is 0 Å². The van der Waals surface area contributed by atoms with Crippen molar-refractivity contribution in [1.29, 1.82) is 0 Å². The van der Waals surface area contributed by atoms with E-state index in [0.29, 0.717) is 37.1 Å². The Bertz CT molecular complexity index is 911. The van der Waals surface area contributed by atoms with E-state index in [0.717, 1.165) is 12.1 Å². The summed E-state index contributed by atoms with van der Waals surface area (Å²) in [6.07, 6.45) is -1.39. The molecule has 0 bridgehead atoms. The summed E-state index contributed by atoms with van der Waals surface area (Å²) >= 11 is 0. The molecule has 0 aliphatic carbocycles. The lowest BCUT2D eigenvalue weighted by Gasteiger charge is -2.47. The zero-order valence-corrected chi connectivity index (χ0v) is 15.9. The highest BCUT2D eigenvalue weighted by Crippen LogP contribution is 2.42. The summed E-state index contributed by atoms with van der Waals surface area (Å²) < 4.78 is 38.4. The van der Waals surface area contributed by atoms with Crippen molar-refractivity contribution >= 4 is 11.8 Å². The topological polar surface area (TPSA) is 69.3 Å². The molecule has 0 saturated carbocycles. The minimum absolute atomic E-state index is 0.0421. The van der Waals surface area contributed by atoms with Crippen LogP contribution in [0.3, 0.4) is 0 Å². The van der Waals surface area contributed by atoms with Crippen LogP contribution in [0.15, 0.2) is 36.5 Å². The van der Waals surface area contributed by atoms with Gasteiger partial charge >= 0.3 is 6.18 Å². The summed E-state index contributed by atoms with van der Waals surface area (Å²) in [4.78, 5) is 29.0. The Morgan fingerprint density at radius 2 is 2.00 bits per heavy atom. The van der Waals surface area contributed by atoms with Crippen LogP contribution in [0.25, 0.3) is 0 Å². The van der Waals surface area contributed by atoms with Crippen molar-refractivity contribution in [2.24, 2.45) is 0 Å². The van der Waals surface area contributed by atoms with Crippen molar-refractivity contribution in [3.05, 3.63) is 53.3 Å². The Morgan fingerprint density at radius 3 is 2.62 bits per heavy atom. The summed E-state index contributed by atoms with van der Waals surface area (Å²) in [7, 11) is 0. The van der Waals surface area contributed by atoms with E-state index in [-0.39, 0.29) is 24.4 Å². The Morgan fingerprint density at radius 1 is 1.28 bits per heavy atom. The molecular formula is C20H21F3N4O2. The average molecular weight is 406 g/mol. The zero-order chi connectivity index (χ0) is 20.8. The molecule has 6 nitrogen and oxygen atoms in total. The molecule has 4 rings (SSSR count). The normalized spacial score (nSPS) is 24.7. The number of nitrogens with one attached hydrogen (secondary N) is 1. The number of fused-ring (bicyclic) bond motifs is 1. The number of likely N-dealkylation sites (tertiary alicyclic amines) is 2. The minimum Gasteiger partial charge on any atom is -0.332 e. The van der Waals surface area contributed by atoms with Gasteiger partial charge in [0.05, 0.1) is 17.1 Å². The van der Waals surface area contributed by atoms with Gasteiger partial charge in [-0.05, 0) is 43.5 Å². The fourth-order valence-corrected chi connectivity index (χ4v) is 4.49. The predicted molar refractivity (Wildman–Crippen MR) is 97.7 cm³/mol. The lowest BCUT2D eigenvalue weighted by atomic mass is 9.83. The molecule has 0 spiro atoms. The van der Waals surface area contributed by atoms with Crippen LogP contribution in [-0.4, -0.2) is 49.9 Å². The molecule has 2 amide bonds. The number of rotatable bonds is 3.